The summed E-state index contributed by atoms with van der Waals surface area (Å²) in [5.74, 6) is -0.801. The number of hydrogen-bond acceptors (Lipinski definition) is 4. The monoisotopic (exact) mass is 541 g/mol. The van der Waals surface area contributed by atoms with Crippen LogP contribution in [0.15, 0.2) is 83.8 Å². The Morgan fingerprint density at radius 2 is 1.65 bits per heavy atom. The molecule has 0 aromatic heterocycles. The molecule has 0 aliphatic rings. The van der Waals surface area contributed by atoms with Gasteiger partial charge in [0.05, 0.1) is 10.6 Å². The van der Waals surface area contributed by atoms with E-state index in [0.29, 0.717) is 18.0 Å². The number of likely N-dealkylation sites (N-methyl/N-ethyl adjacent to an activating group) is 1. The van der Waals surface area contributed by atoms with Crippen molar-refractivity contribution in [1.82, 2.24) is 10.2 Å². The van der Waals surface area contributed by atoms with Gasteiger partial charge in [-0.25, -0.2) is 8.42 Å². The molecule has 1 N–H and O–H groups in total. The molecule has 0 bridgehead atoms. The molecule has 0 saturated heterocycles. The number of nitrogens with zero attached hydrogens (tertiary/aromatic N) is 2. The molecule has 3 aromatic rings. The lowest BCUT2D eigenvalue weighted by Gasteiger charge is -2.32. The highest BCUT2D eigenvalue weighted by Crippen LogP contribution is 2.27. The van der Waals surface area contributed by atoms with Crippen LogP contribution in [0, 0.1) is 6.92 Å². The molecule has 0 aliphatic carbocycles. The van der Waals surface area contributed by atoms with E-state index in [1.807, 2.05) is 37.3 Å². The number of carbonyl (C=O) groups is 2. The molecule has 1 unspecified atom stereocenters. The van der Waals surface area contributed by atoms with Gasteiger partial charge in [-0.1, -0.05) is 65.7 Å². The molecule has 196 valence electrons. The van der Waals surface area contributed by atoms with E-state index in [1.165, 1.54) is 23.1 Å². The van der Waals surface area contributed by atoms with E-state index in [9.17, 15) is 18.0 Å². The lowest BCUT2D eigenvalue weighted by molar-refractivity contribution is -0.138. The van der Waals surface area contributed by atoms with Gasteiger partial charge in [0.15, 0.2) is 0 Å². The summed E-state index contributed by atoms with van der Waals surface area (Å²) in [5, 5.41) is 3.09. The van der Waals surface area contributed by atoms with Gasteiger partial charge in [0.2, 0.25) is 11.8 Å². The van der Waals surface area contributed by atoms with Crippen molar-refractivity contribution in [2.75, 3.05) is 23.9 Å². The number of halogens is 1. The van der Waals surface area contributed by atoms with Crippen LogP contribution in [0.2, 0.25) is 5.02 Å². The molecule has 0 fully saturated rings. The molecule has 0 spiro atoms. The van der Waals surface area contributed by atoms with E-state index in [4.69, 9.17) is 11.6 Å². The van der Waals surface area contributed by atoms with E-state index in [1.54, 1.807) is 44.2 Å². The highest BCUT2D eigenvalue weighted by molar-refractivity contribution is 7.92. The minimum Gasteiger partial charge on any atom is -0.355 e. The molecule has 1 atom stereocenters. The summed E-state index contributed by atoms with van der Waals surface area (Å²) in [6.07, 6.45) is 0.512. The van der Waals surface area contributed by atoms with E-state index >= 15 is 0 Å². The summed E-state index contributed by atoms with van der Waals surface area (Å²) in [6, 6.07) is 21.6. The van der Waals surface area contributed by atoms with Crippen LogP contribution >= 0.6 is 11.6 Å². The van der Waals surface area contributed by atoms with Gasteiger partial charge in [0.25, 0.3) is 10.0 Å². The van der Waals surface area contributed by atoms with Gasteiger partial charge in [-0.15, -0.1) is 0 Å². The predicted octanol–water partition coefficient (Wildman–Crippen LogP) is 4.44. The smallest absolute Gasteiger partial charge is 0.264 e. The Bertz CT molecular complexity index is 1310. The average molecular weight is 542 g/mol. The summed E-state index contributed by atoms with van der Waals surface area (Å²) < 4.78 is 28.5. The number of anilines is 1. The molecule has 3 aromatic carbocycles. The maximum atomic E-state index is 13.7. The number of sulfonamides is 1. The summed E-state index contributed by atoms with van der Waals surface area (Å²) in [5.41, 5.74) is 2.17. The predicted molar refractivity (Wildman–Crippen MR) is 147 cm³/mol. The number of nitrogens with one attached hydrogen (secondary N) is 1. The largest absolute Gasteiger partial charge is 0.355 e. The third-order valence-corrected chi connectivity index (χ3v) is 8.01. The first-order valence-corrected chi connectivity index (χ1v) is 13.9. The minimum atomic E-state index is -4.11. The Labute approximate surface area is 224 Å². The van der Waals surface area contributed by atoms with Crippen LogP contribution < -0.4 is 9.62 Å². The van der Waals surface area contributed by atoms with E-state index < -0.39 is 28.5 Å². The van der Waals surface area contributed by atoms with Crippen molar-refractivity contribution < 1.29 is 18.0 Å². The maximum absolute atomic E-state index is 13.7. The van der Waals surface area contributed by atoms with Crippen LogP contribution in [0.25, 0.3) is 0 Å². The Morgan fingerprint density at radius 1 is 0.973 bits per heavy atom. The van der Waals surface area contributed by atoms with Gasteiger partial charge >= 0.3 is 0 Å². The number of amides is 2. The summed E-state index contributed by atoms with van der Waals surface area (Å²) in [6.45, 7) is 5.48. The highest BCUT2D eigenvalue weighted by atomic mass is 35.5. The third-order valence-electron chi connectivity index (χ3n) is 5.99. The first-order chi connectivity index (χ1) is 17.6. The zero-order chi connectivity index (χ0) is 27.0. The normalized spacial score (nSPS) is 12.0. The highest BCUT2D eigenvalue weighted by Gasteiger charge is 2.32. The van der Waals surface area contributed by atoms with Crippen molar-refractivity contribution in [2.45, 2.75) is 38.1 Å². The number of carbonyl (C=O) groups excluding carboxylic acids is 2. The van der Waals surface area contributed by atoms with Crippen LogP contribution in [0.3, 0.4) is 0 Å². The van der Waals surface area contributed by atoms with Crippen molar-refractivity contribution in [1.29, 1.82) is 0 Å². The molecule has 0 radical (unpaired) electrons. The second kappa shape index (κ2) is 12.7. The molecule has 0 heterocycles. The first kappa shape index (κ1) is 28.2. The fourth-order valence-electron chi connectivity index (χ4n) is 3.89. The van der Waals surface area contributed by atoms with Crippen molar-refractivity contribution >= 4 is 39.1 Å². The molecular formula is C28H32ClN3O4S. The number of hydrogen-bond donors (Lipinski definition) is 1. The molecular weight excluding hydrogens is 510 g/mol. The quantitative estimate of drug-likeness (QED) is 0.389. The average Bonchev–Trinajstić information content (AvgIpc) is 2.88. The van der Waals surface area contributed by atoms with Gasteiger partial charge in [-0.3, -0.25) is 13.9 Å². The molecule has 3 rings (SSSR count). The zero-order valence-corrected chi connectivity index (χ0v) is 22.8. The zero-order valence-electron chi connectivity index (χ0n) is 21.2. The Balaban J connectivity index is 1.97. The first-order valence-electron chi connectivity index (χ1n) is 12.1. The fraction of sp³-hybridized carbons (Fsp3) is 0.286. The third kappa shape index (κ3) is 7.33. The standard InChI is InChI=1S/C28H32ClN3O4S/c1-4-30-28(34)22(3)31(18-17-23-9-6-5-7-10-23)27(33)20-32(25-12-8-11-24(29)19-25)37(35,36)26-15-13-21(2)14-16-26/h5-16,19,22H,4,17-18,20H2,1-3H3,(H,30,34). The van der Waals surface area contributed by atoms with Crippen LogP contribution in [0.4, 0.5) is 5.69 Å². The van der Waals surface area contributed by atoms with Gasteiger partial charge in [-0.05, 0) is 63.1 Å². The Hall–Kier alpha value is -3.36. The summed E-state index contributed by atoms with van der Waals surface area (Å²) in [7, 11) is -4.11. The summed E-state index contributed by atoms with van der Waals surface area (Å²) in [4.78, 5) is 27.9. The Morgan fingerprint density at radius 3 is 2.27 bits per heavy atom. The topological polar surface area (TPSA) is 86.8 Å². The van der Waals surface area contributed by atoms with Gasteiger partial charge < -0.3 is 10.2 Å². The summed E-state index contributed by atoms with van der Waals surface area (Å²) >= 11 is 6.18. The van der Waals surface area contributed by atoms with E-state index in [0.717, 1.165) is 15.4 Å². The van der Waals surface area contributed by atoms with Crippen molar-refractivity contribution in [3.8, 4) is 0 Å². The molecule has 0 aliphatic heterocycles. The number of benzene rings is 3. The van der Waals surface area contributed by atoms with Crippen LogP contribution in [-0.2, 0) is 26.0 Å². The lowest BCUT2D eigenvalue weighted by Crippen LogP contribution is -2.52. The number of aryl methyl sites for hydroxylation is 1. The minimum absolute atomic E-state index is 0.0542. The molecule has 9 heteroatoms. The van der Waals surface area contributed by atoms with E-state index in [-0.39, 0.29) is 23.0 Å². The van der Waals surface area contributed by atoms with Crippen LogP contribution in [0.5, 0.6) is 0 Å². The number of rotatable bonds is 11. The molecule has 2 amide bonds. The molecule has 0 saturated carbocycles. The SMILES string of the molecule is CCNC(=O)C(C)N(CCc1ccccc1)C(=O)CN(c1cccc(Cl)c1)S(=O)(=O)c1ccc(C)cc1. The second-order valence-electron chi connectivity index (χ2n) is 8.70. The van der Waals surface area contributed by atoms with Crippen LogP contribution in [0.1, 0.15) is 25.0 Å². The second-order valence-corrected chi connectivity index (χ2v) is 11.0. The lowest BCUT2D eigenvalue weighted by atomic mass is 10.1. The maximum Gasteiger partial charge on any atom is 0.264 e. The Kier molecular flexibility index (Phi) is 9.72. The fourth-order valence-corrected chi connectivity index (χ4v) is 5.48. The van der Waals surface area contributed by atoms with Gasteiger partial charge in [0, 0.05) is 18.1 Å². The van der Waals surface area contributed by atoms with Gasteiger partial charge in [0.1, 0.15) is 12.6 Å². The van der Waals surface area contributed by atoms with Crippen molar-refractivity contribution in [3.05, 3.63) is 95.0 Å². The molecule has 37 heavy (non-hydrogen) atoms. The van der Waals surface area contributed by atoms with E-state index in [2.05, 4.69) is 5.32 Å². The van der Waals surface area contributed by atoms with Gasteiger partial charge in [-0.2, -0.15) is 0 Å². The van der Waals surface area contributed by atoms with Crippen molar-refractivity contribution in [3.63, 3.8) is 0 Å². The van der Waals surface area contributed by atoms with Crippen LogP contribution in [-0.4, -0.2) is 50.8 Å². The van der Waals surface area contributed by atoms with Crippen molar-refractivity contribution in [2.24, 2.45) is 0 Å². The molecule has 7 nitrogen and oxygen atoms in total.